The number of halogens is 1. The normalized spacial score (nSPS) is 25.1. The summed E-state index contributed by atoms with van der Waals surface area (Å²) in [6.07, 6.45) is 0. The van der Waals surface area contributed by atoms with Crippen LogP contribution in [0.3, 0.4) is 0 Å². The highest BCUT2D eigenvalue weighted by molar-refractivity contribution is 6.33. The van der Waals surface area contributed by atoms with Crippen LogP contribution in [0.25, 0.3) is 0 Å². The molecule has 1 amide bonds. The predicted octanol–water partition coefficient (Wildman–Crippen LogP) is 1.03. The van der Waals surface area contributed by atoms with E-state index < -0.39 is 6.04 Å². The second-order valence-corrected chi connectivity index (χ2v) is 4.56. The molecule has 1 aliphatic heterocycles. The van der Waals surface area contributed by atoms with E-state index in [1.807, 2.05) is 25.1 Å². The molecule has 2 atom stereocenters. The number of hydrogen-bond donors (Lipinski definition) is 2. The number of nitrogens with zero attached hydrogens (tertiary/aromatic N) is 1. The Morgan fingerprint density at radius 3 is 2.88 bits per heavy atom. The van der Waals surface area contributed by atoms with Gasteiger partial charge >= 0.3 is 0 Å². The zero-order chi connectivity index (χ0) is 12.4. The summed E-state index contributed by atoms with van der Waals surface area (Å²) >= 11 is 6.10. The highest BCUT2D eigenvalue weighted by Crippen LogP contribution is 2.28. The van der Waals surface area contributed by atoms with Crippen molar-refractivity contribution in [3.8, 4) is 0 Å². The van der Waals surface area contributed by atoms with Crippen molar-refractivity contribution in [3.05, 3.63) is 29.3 Å². The third-order valence-corrected chi connectivity index (χ3v) is 3.25. The van der Waals surface area contributed by atoms with Crippen molar-refractivity contribution in [2.45, 2.75) is 19.0 Å². The quantitative estimate of drug-likeness (QED) is 0.829. The number of carbonyl (C=O) groups is 1. The first-order valence-corrected chi connectivity index (χ1v) is 5.94. The van der Waals surface area contributed by atoms with E-state index in [0.717, 1.165) is 0 Å². The number of aliphatic hydroxyl groups is 1. The molecule has 0 bridgehead atoms. The first-order chi connectivity index (χ1) is 8.15. The second kappa shape index (κ2) is 5.04. The Hall–Kier alpha value is -1.10. The predicted molar refractivity (Wildman–Crippen MR) is 67.3 cm³/mol. The maximum absolute atomic E-state index is 12.2. The molecule has 4 nitrogen and oxygen atoms in total. The molecule has 1 saturated heterocycles. The molecule has 17 heavy (non-hydrogen) atoms. The maximum Gasteiger partial charge on any atom is 0.246 e. The van der Waals surface area contributed by atoms with E-state index in [4.69, 9.17) is 16.7 Å². The van der Waals surface area contributed by atoms with Crippen LogP contribution >= 0.6 is 11.6 Å². The van der Waals surface area contributed by atoms with Gasteiger partial charge in [-0.2, -0.15) is 0 Å². The molecule has 0 aromatic heterocycles. The molecular weight excluding hydrogens is 240 g/mol. The molecule has 1 heterocycles. The Morgan fingerprint density at radius 2 is 2.24 bits per heavy atom. The van der Waals surface area contributed by atoms with Gasteiger partial charge < -0.3 is 15.3 Å². The Labute approximate surface area is 105 Å². The molecule has 0 radical (unpaired) electrons. The van der Waals surface area contributed by atoms with Crippen molar-refractivity contribution in [1.29, 1.82) is 0 Å². The number of carbonyl (C=O) groups excluding carboxylic acids is 1. The molecule has 2 rings (SSSR count). The van der Waals surface area contributed by atoms with E-state index in [9.17, 15) is 4.79 Å². The standard InChI is InChI=1S/C12H15ClN2O2/c1-8-6-14-10(7-16)12(17)15(8)11-5-3-2-4-9(11)13/h2-5,8,10,14,16H,6-7H2,1H3. The number of rotatable bonds is 2. The molecule has 1 aromatic rings. The van der Waals surface area contributed by atoms with Crippen LogP contribution in [-0.4, -0.2) is 36.2 Å². The van der Waals surface area contributed by atoms with E-state index >= 15 is 0 Å². The Morgan fingerprint density at radius 1 is 1.53 bits per heavy atom. The summed E-state index contributed by atoms with van der Waals surface area (Å²) in [5.41, 5.74) is 0.701. The lowest BCUT2D eigenvalue weighted by Crippen LogP contribution is -2.60. The minimum Gasteiger partial charge on any atom is -0.394 e. The smallest absolute Gasteiger partial charge is 0.246 e. The number of amides is 1. The number of anilines is 1. The summed E-state index contributed by atoms with van der Waals surface area (Å²) in [5.74, 6) is -0.139. The minimum absolute atomic E-state index is 0.0187. The summed E-state index contributed by atoms with van der Waals surface area (Å²) in [6.45, 7) is 2.39. The number of nitrogens with one attached hydrogen (secondary N) is 1. The van der Waals surface area contributed by atoms with Crippen LogP contribution < -0.4 is 10.2 Å². The number of aliphatic hydroxyl groups excluding tert-OH is 1. The van der Waals surface area contributed by atoms with Crippen molar-refractivity contribution >= 4 is 23.2 Å². The molecule has 0 aliphatic carbocycles. The first-order valence-electron chi connectivity index (χ1n) is 5.57. The van der Waals surface area contributed by atoms with E-state index in [1.165, 1.54) is 0 Å². The Bertz CT molecular complexity index is 425. The summed E-state index contributed by atoms with van der Waals surface area (Å²) < 4.78 is 0. The number of piperazine rings is 1. The number of hydrogen-bond acceptors (Lipinski definition) is 3. The van der Waals surface area contributed by atoms with Gasteiger partial charge in [0, 0.05) is 12.6 Å². The van der Waals surface area contributed by atoms with Crippen molar-refractivity contribution in [3.63, 3.8) is 0 Å². The molecule has 2 unspecified atom stereocenters. The average molecular weight is 255 g/mol. The zero-order valence-corrected chi connectivity index (χ0v) is 10.3. The van der Waals surface area contributed by atoms with Gasteiger partial charge in [-0.25, -0.2) is 0 Å². The van der Waals surface area contributed by atoms with Crippen LogP contribution in [-0.2, 0) is 4.79 Å². The van der Waals surface area contributed by atoms with Crippen molar-refractivity contribution in [2.24, 2.45) is 0 Å². The highest BCUT2D eigenvalue weighted by atomic mass is 35.5. The van der Waals surface area contributed by atoms with Crippen molar-refractivity contribution in [2.75, 3.05) is 18.1 Å². The second-order valence-electron chi connectivity index (χ2n) is 4.15. The molecule has 0 spiro atoms. The van der Waals surface area contributed by atoms with Gasteiger partial charge in [0.2, 0.25) is 5.91 Å². The van der Waals surface area contributed by atoms with Gasteiger partial charge in [0.25, 0.3) is 0 Å². The maximum atomic E-state index is 12.2. The zero-order valence-electron chi connectivity index (χ0n) is 9.56. The van der Waals surface area contributed by atoms with E-state index in [0.29, 0.717) is 17.3 Å². The molecule has 1 aromatic carbocycles. The van der Waals surface area contributed by atoms with Crippen LogP contribution in [0.2, 0.25) is 5.02 Å². The average Bonchev–Trinajstić information content (AvgIpc) is 2.32. The lowest BCUT2D eigenvalue weighted by Gasteiger charge is -2.38. The molecule has 5 heteroatoms. The monoisotopic (exact) mass is 254 g/mol. The van der Waals surface area contributed by atoms with E-state index in [1.54, 1.807) is 11.0 Å². The molecule has 2 N–H and O–H groups in total. The molecular formula is C12H15ClN2O2. The summed E-state index contributed by atoms with van der Waals surface area (Å²) in [7, 11) is 0. The SMILES string of the molecule is CC1CNC(CO)C(=O)N1c1ccccc1Cl. The lowest BCUT2D eigenvalue weighted by molar-refractivity contribution is -0.123. The summed E-state index contributed by atoms with van der Waals surface area (Å²) in [4.78, 5) is 13.8. The first kappa shape index (κ1) is 12.4. The van der Waals surface area contributed by atoms with E-state index in [-0.39, 0.29) is 18.6 Å². The molecule has 1 aliphatic rings. The minimum atomic E-state index is -0.539. The van der Waals surface area contributed by atoms with Gasteiger partial charge in [-0.05, 0) is 19.1 Å². The number of benzene rings is 1. The van der Waals surface area contributed by atoms with Crippen molar-refractivity contribution in [1.82, 2.24) is 5.32 Å². The van der Waals surface area contributed by atoms with Crippen LogP contribution in [0.1, 0.15) is 6.92 Å². The Balaban J connectivity index is 2.35. The van der Waals surface area contributed by atoms with Gasteiger partial charge in [0.05, 0.1) is 17.3 Å². The lowest BCUT2D eigenvalue weighted by atomic mass is 10.1. The topological polar surface area (TPSA) is 52.6 Å². The third-order valence-electron chi connectivity index (χ3n) is 2.93. The van der Waals surface area contributed by atoms with Gasteiger partial charge in [0.1, 0.15) is 6.04 Å². The fraction of sp³-hybridized carbons (Fsp3) is 0.417. The van der Waals surface area contributed by atoms with Crippen LogP contribution in [0.15, 0.2) is 24.3 Å². The highest BCUT2D eigenvalue weighted by Gasteiger charge is 2.34. The Kier molecular flexibility index (Phi) is 3.66. The van der Waals surface area contributed by atoms with Gasteiger partial charge in [-0.3, -0.25) is 4.79 Å². The molecule has 1 fully saturated rings. The van der Waals surface area contributed by atoms with Gasteiger partial charge in [-0.15, -0.1) is 0 Å². The molecule has 92 valence electrons. The molecule has 0 saturated carbocycles. The number of para-hydroxylation sites is 1. The fourth-order valence-corrected chi connectivity index (χ4v) is 2.25. The fourth-order valence-electron chi connectivity index (χ4n) is 2.02. The van der Waals surface area contributed by atoms with Crippen LogP contribution in [0.5, 0.6) is 0 Å². The van der Waals surface area contributed by atoms with Gasteiger partial charge in [0.15, 0.2) is 0 Å². The summed E-state index contributed by atoms with van der Waals surface area (Å²) in [5, 5.41) is 12.7. The van der Waals surface area contributed by atoms with E-state index in [2.05, 4.69) is 5.32 Å². The summed E-state index contributed by atoms with van der Waals surface area (Å²) in [6, 6.07) is 6.72. The van der Waals surface area contributed by atoms with Crippen molar-refractivity contribution < 1.29 is 9.90 Å². The van der Waals surface area contributed by atoms with Crippen LogP contribution in [0.4, 0.5) is 5.69 Å². The largest absolute Gasteiger partial charge is 0.394 e. The third kappa shape index (κ3) is 2.29. The van der Waals surface area contributed by atoms with Crippen LogP contribution in [0, 0.1) is 0 Å². The van der Waals surface area contributed by atoms with Gasteiger partial charge in [-0.1, -0.05) is 23.7 Å².